The van der Waals surface area contributed by atoms with Gasteiger partial charge in [-0.15, -0.1) is 0 Å². The van der Waals surface area contributed by atoms with Gasteiger partial charge in [0.25, 0.3) is 0 Å². The molecular formula is C29H36O14. The number of aromatic hydroxyl groups is 2. The number of methoxy groups -OCH3 is 1. The highest BCUT2D eigenvalue weighted by molar-refractivity contribution is 5.87. The fraction of sp³-hybridized carbons (Fsp3) is 0.483. The van der Waals surface area contributed by atoms with E-state index in [1.807, 2.05) is 0 Å². The number of phenols is 2. The summed E-state index contributed by atoms with van der Waals surface area (Å²) in [5.41, 5.74) is -0.613. The molecule has 14 heteroatoms. The van der Waals surface area contributed by atoms with E-state index in [0.717, 1.165) is 11.6 Å². The zero-order valence-electron chi connectivity index (χ0n) is 23.3. The molecule has 0 unspecified atom stereocenters. The normalized spacial score (nSPS) is 30.9. The van der Waals surface area contributed by atoms with Crippen LogP contribution in [0.5, 0.6) is 17.2 Å². The SMILES string of the molecule is COc1cc(/C=C/C(=O)OC[C@]2(O)CO[C@H](OC[C@H]3O[C@@H](OCCc4ccc(O)cc4)[C@H](O)[C@@H](O)[C@H]3O)[C@H]2O)ccc1O. The lowest BCUT2D eigenvalue weighted by molar-refractivity contribution is -0.309. The van der Waals surface area contributed by atoms with Crippen LogP contribution in [0, 0.1) is 0 Å². The van der Waals surface area contributed by atoms with E-state index in [-0.39, 0.29) is 23.9 Å². The van der Waals surface area contributed by atoms with Crippen LogP contribution in [-0.4, -0.2) is 124 Å². The van der Waals surface area contributed by atoms with E-state index in [2.05, 4.69) is 0 Å². The molecule has 8 atom stereocenters. The summed E-state index contributed by atoms with van der Waals surface area (Å²) in [6.45, 7) is -1.39. The standard InChI is InChI=1S/C29H36O14/c1-38-20-12-17(4-8-19(20)31)5-9-22(32)41-14-29(37)15-42-28(26(29)36)40-13-21-23(33)24(34)25(35)27(43-21)39-11-10-16-2-6-18(30)7-3-16/h2-9,12,21,23-28,30-31,33-37H,10-11,13-15H2,1H3/b9-5+/t21-,23+,24+,25-,26-,27-,28+,29+/m1/s1. The largest absolute Gasteiger partial charge is 0.508 e. The number of phenolic OH excluding ortho intramolecular Hbond substituents is 2. The molecular weight excluding hydrogens is 572 g/mol. The molecule has 43 heavy (non-hydrogen) atoms. The van der Waals surface area contributed by atoms with Crippen LogP contribution in [0.4, 0.5) is 0 Å². The maximum Gasteiger partial charge on any atom is 0.330 e. The lowest BCUT2D eigenvalue weighted by atomic mass is 9.99. The summed E-state index contributed by atoms with van der Waals surface area (Å²) in [5, 5.41) is 71.4. The molecule has 2 fully saturated rings. The molecule has 2 aliphatic heterocycles. The van der Waals surface area contributed by atoms with Gasteiger partial charge in [-0.05, 0) is 47.9 Å². The number of carbonyl (C=O) groups excluding carboxylic acids is 1. The van der Waals surface area contributed by atoms with Crippen LogP contribution in [-0.2, 0) is 34.9 Å². The number of hydrogen-bond donors (Lipinski definition) is 7. The van der Waals surface area contributed by atoms with Crippen molar-refractivity contribution in [3.8, 4) is 17.2 Å². The van der Waals surface area contributed by atoms with Gasteiger partial charge in [0.2, 0.25) is 0 Å². The Hall–Kier alpha value is -3.31. The molecule has 4 rings (SSSR count). The molecule has 0 saturated carbocycles. The second-order valence-electron chi connectivity index (χ2n) is 10.2. The number of ether oxygens (including phenoxy) is 6. The summed E-state index contributed by atoms with van der Waals surface area (Å²) >= 11 is 0. The third kappa shape index (κ3) is 8.20. The van der Waals surface area contributed by atoms with Crippen molar-refractivity contribution in [1.82, 2.24) is 0 Å². The molecule has 0 amide bonds. The fourth-order valence-corrected chi connectivity index (χ4v) is 4.47. The zero-order valence-corrected chi connectivity index (χ0v) is 23.3. The second kappa shape index (κ2) is 14.4. The molecule has 0 aliphatic carbocycles. The molecule has 236 valence electrons. The Balaban J connectivity index is 1.24. The van der Waals surface area contributed by atoms with E-state index >= 15 is 0 Å². The van der Waals surface area contributed by atoms with Gasteiger partial charge < -0.3 is 64.2 Å². The van der Waals surface area contributed by atoms with E-state index in [9.17, 15) is 40.5 Å². The molecule has 0 aromatic heterocycles. The Morgan fingerprint density at radius 1 is 1.00 bits per heavy atom. The molecule has 0 radical (unpaired) electrons. The van der Waals surface area contributed by atoms with Gasteiger partial charge in [-0.2, -0.15) is 0 Å². The van der Waals surface area contributed by atoms with Crippen molar-refractivity contribution >= 4 is 12.0 Å². The third-order valence-electron chi connectivity index (χ3n) is 7.09. The van der Waals surface area contributed by atoms with E-state index < -0.39 is 74.5 Å². The molecule has 2 aromatic carbocycles. The number of aliphatic hydroxyl groups excluding tert-OH is 4. The van der Waals surface area contributed by atoms with Gasteiger partial charge in [0.15, 0.2) is 29.7 Å². The molecule has 0 bridgehead atoms. The Labute approximate surface area is 246 Å². The Morgan fingerprint density at radius 2 is 1.74 bits per heavy atom. The van der Waals surface area contributed by atoms with Crippen LogP contribution in [0.1, 0.15) is 11.1 Å². The molecule has 0 spiro atoms. The van der Waals surface area contributed by atoms with E-state index in [0.29, 0.717) is 12.0 Å². The summed E-state index contributed by atoms with van der Waals surface area (Å²) in [5.74, 6) is -0.551. The second-order valence-corrected chi connectivity index (χ2v) is 10.2. The number of benzene rings is 2. The van der Waals surface area contributed by atoms with Crippen LogP contribution in [0.3, 0.4) is 0 Å². The van der Waals surface area contributed by atoms with Gasteiger partial charge in [-0.25, -0.2) is 4.79 Å². The van der Waals surface area contributed by atoms with Crippen molar-refractivity contribution in [2.24, 2.45) is 0 Å². The quantitative estimate of drug-likeness (QED) is 0.116. The maximum absolute atomic E-state index is 12.2. The van der Waals surface area contributed by atoms with E-state index in [1.165, 1.54) is 37.5 Å². The van der Waals surface area contributed by atoms with Gasteiger partial charge in [0.05, 0.1) is 26.9 Å². The number of carbonyl (C=O) groups is 1. The summed E-state index contributed by atoms with van der Waals surface area (Å²) in [6.07, 6.45) is -7.36. The highest BCUT2D eigenvalue weighted by atomic mass is 16.7. The number of hydrogen-bond acceptors (Lipinski definition) is 14. The first-order valence-corrected chi connectivity index (χ1v) is 13.5. The first-order valence-electron chi connectivity index (χ1n) is 13.5. The van der Waals surface area contributed by atoms with Crippen LogP contribution < -0.4 is 4.74 Å². The lowest BCUT2D eigenvalue weighted by Crippen LogP contribution is -2.59. The van der Waals surface area contributed by atoms with Crippen LogP contribution in [0.2, 0.25) is 0 Å². The number of esters is 1. The third-order valence-corrected chi connectivity index (χ3v) is 7.09. The zero-order chi connectivity index (χ0) is 31.1. The van der Waals surface area contributed by atoms with E-state index in [1.54, 1.807) is 18.2 Å². The minimum Gasteiger partial charge on any atom is -0.508 e. The van der Waals surface area contributed by atoms with Gasteiger partial charge >= 0.3 is 5.97 Å². The molecule has 2 saturated heterocycles. The molecule has 2 aromatic rings. The average molecular weight is 609 g/mol. The van der Waals surface area contributed by atoms with Gasteiger partial charge in [0.1, 0.15) is 42.9 Å². The van der Waals surface area contributed by atoms with Crippen LogP contribution in [0.15, 0.2) is 48.5 Å². The summed E-state index contributed by atoms with van der Waals surface area (Å²) in [6, 6.07) is 10.9. The van der Waals surface area contributed by atoms with Crippen molar-refractivity contribution in [2.45, 2.75) is 55.1 Å². The Kier molecular flexibility index (Phi) is 10.9. The number of rotatable bonds is 12. The molecule has 7 N–H and O–H groups in total. The lowest BCUT2D eigenvalue weighted by Gasteiger charge is -2.40. The number of aliphatic hydroxyl groups is 5. The average Bonchev–Trinajstić information content (AvgIpc) is 3.29. The molecule has 2 aliphatic rings. The minimum absolute atomic E-state index is 0.0649. The van der Waals surface area contributed by atoms with E-state index in [4.69, 9.17) is 28.4 Å². The Morgan fingerprint density at radius 3 is 2.47 bits per heavy atom. The fourth-order valence-electron chi connectivity index (χ4n) is 4.47. The van der Waals surface area contributed by atoms with Crippen molar-refractivity contribution in [3.63, 3.8) is 0 Å². The summed E-state index contributed by atoms with van der Waals surface area (Å²) in [4.78, 5) is 12.2. The van der Waals surface area contributed by atoms with Crippen molar-refractivity contribution < 1.29 is 69.0 Å². The highest BCUT2D eigenvalue weighted by Crippen LogP contribution is 2.29. The van der Waals surface area contributed by atoms with Crippen molar-refractivity contribution in [1.29, 1.82) is 0 Å². The monoisotopic (exact) mass is 608 g/mol. The predicted molar refractivity (Wildman–Crippen MR) is 146 cm³/mol. The smallest absolute Gasteiger partial charge is 0.330 e. The van der Waals surface area contributed by atoms with Gasteiger partial charge in [0, 0.05) is 6.08 Å². The highest BCUT2D eigenvalue weighted by Gasteiger charge is 2.51. The van der Waals surface area contributed by atoms with Crippen LogP contribution >= 0.6 is 0 Å². The van der Waals surface area contributed by atoms with Crippen molar-refractivity contribution in [3.05, 3.63) is 59.7 Å². The Bertz CT molecular complexity index is 1240. The topological polar surface area (TPSA) is 214 Å². The predicted octanol–water partition coefficient (Wildman–Crippen LogP) is -0.805. The first-order chi connectivity index (χ1) is 20.5. The molecule has 2 heterocycles. The van der Waals surface area contributed by atoms with Crippen LogP contribution in [0.25, 0.3) is 6.08 Å². The van der Waals surface area contributed by atoms with Gasteiger partial charge in [-0.3, -0.25) is 0 Å². The minimum atomic E-state index is -2.00. The summed E-state index contributed by atoms with van der Waals surface area (Å²) < 4.78 is 32.1. The first kappa shape index (κ1) is 32.6. The molecule has 14 nitrogen and oxygen atoms in total. The van der Waals surface area contributed by atoms with Crippen molar-refractivity contribution in [2.75, 3.05) is 33.5 Å². The van der Waals surface area contributed by atoms with Gasteiger partial charge in [-0.1, -0.05) is 18.2 Å². The maximum atomic E-state index is 12.2. The summed E-state index contributed by atoms with van der Waals surface area (Å²) in [7, 11) is 1.38.